The maximum absolute atomic E-state index is 11.2. The molecule has 2 aliphatic rings. The predicted molar refractivity (Wildman–Crippen MR) is 55.0 cm³/mol. The van der Waals surface area contributed by atoms with Crippen LogP contribution in [0.3, 0.4) is 0 Å². The quantitative estimate of drug-likeness (QED) is 0.517. The van der Waals surface area contributed by atoms with Crippen molar-refractivity contribution in [3.63, 3.8) is 0 Å². The van der Waals surface area contributed by atoms with Gasteiger partial charge in [0.1, 0.15) is 0 Å². The molecule has 15 heavy (non-hydrogen) atoms. The van der Waals surface area contributed by atoms with Crippen molar-refractivity contribution in [1.29, 1.82) is 0 Å². The monoisotopic (exact) mass is 206 g/mol. The fourth-order valence-corrected chi connectivity index (χ4v) is 2.26. The number of hydrogen-bond acceptors (Lipinski definition) is 3. The molecule has 0 unspecified atom stereocenters. The van der Waals surface area contributed by atoms with Gasteiger partial charge < -0.3 is 4.74 Å². The molecule has 3 nitrogen and oxygen atoms in total. The molecule has 0 aliphatic heterocycles. The number of esters is 1. The molecule has 3 heteroatoms. The Balaban J connectivity index is 1.75. The third-order valence-electron chi connectivity index (χ3n) is 3.18. The van der Waals surface area contributed by atoms with Crippen molar-refractivity contribution >= 4 is 11.8 Å². The number of ketones is 1. The number of carbonyl (C=O) groups is 2. The molecule has 0 amide bonds. The van der Waals surface area contributed by atoms with E-state index in [1.54, 1.807) is 6.08 Å². The van der Waals surface area contributed by atoms with Crippen LogP contribution in [0.5, 0.6) is 0 Å². The van der Waals surface area contributed by atoms with Gasteiger partial charge in [-0.2, -0.15) is 0 Å². The van der Waals surface area contributed by atoms with Crippen molar-refractivity contribution in [2.45, 2.75) is 12.8 Å². The van der Waals surface area contributed by atoms with E-state index >= 15 is 0 Å². The van der Waals surface area contributed by atoms with E-state index in [-0.39, 0.29) is 24.1 Å². The summed E-state index contributed by atoms with van der Waals surface area (Å²) < 4.78 is 5.07. The molecule has 0 aromatic rings. The van der Waals surface area contributed by atoms with Crippen molar-refractivity contribution in [1.82, 2.24) is 0 Å². The number of ether oxygens (including phenoxy) is 1. The number of fused-ring (bicyclic) bond motifs is 1. The Morgan fingerprint density at radius 2 is 2.47 bits per heavy atom. The van der Waals surface area contributed by atoms with Crippen molar-refractivity contribution < 1.29 is 14.3 Å². The molecule has 80 valence electrons. The molecule has 0 N–H and O–H groups in total. The van der Waals surface area contributed by atoms with Crippen LogP contribution in [0.15, 0.2) is 24.8 Å². The molecule has 2 aliphatic carbocycles. The van der Waals surface area contributed by atoms with Gasteiger partial charge in [0, 0.05) is 11.8 Å². The summed E-state index contributed by atoms with van der Waals surface area (Å²) in [5.74, 6) is 0.823. The summed E-state index contributed by atoms with van der Waals surface area (Å²) in [5, 5.41) is 0. The van der Waals surface area contributed by atoms with E-state index in [2.05, 4.69) is 6.58 Å². The highest BCUT2D eigenvalue weighted by molar-refractivity contribution is 5.95. The van der Waals surface area contributed by atoms with Gasteiger partial charge in [-0.05, 0) is 18.4 Å². The fraction of sp³-hybridized carbons (Fsp3) is 0.500. The molecule has 0 saturated heterocycles. The van der Waals surface area contributed by atoms with Crippen LogP contribution in [0, 0.1) is 17.8 Å². The first kappa shape index (κ1) is 10.1. The van der Waals surface area contributed by atoms with Gasteiger partial charge in [-0.1, -0.05) is 12.2 Å². The lowest BCUT2D eigenvalue weighted by Gasteiger charge is -2.38. The Morgan fingerprint density at radius 3 is 3.13 bits per heavy atom. The fourth-order valence-electron chi connectivity index (χ4n) is 2.26. The van der Waals surface area contributed by atoms with Gasteiger partial charge in [-0.15, -0.1) is 6.58 Å². The Morgan fingerprint density at radius 1 is 1.67 bits per heavy atom. The summed E-state index contributed by atoms with van der Waals surface area (Å²) in [5.41, 5.74) is 0. The molecule has 1 fully saturated rings. The molecule has 0 aromatic carbocycles. The Hall–Kier alpha value is -1.38. The summed E-state index contributed by atoms with van der Waals surface area (Å²) in [6.45, 7) is 3.90. The van der Waals surface area contributed by atoms with Crippen molar-refractivity contribution in [3.8, 4) is 0 Å². The third-order valence-corrected chi connectivity index (χ3v) is 3.18. The number of carbonyl (C=O) groups excluding carboxylic acids is 2. The van der Waals surface area contributed by atoms with Crippen LogP contribution in [0.25, 0.3) is 0 Å². The molecule has 2 rings (SSSR count). The van der Waals surface area contributed by atoms with Crippen molar-refractivity contribution in [3.05, 3.63) is 24.8 Å². The zero-order chi connectivity index (χ0) is 10.8. The summed E-state index contributed by atoms with van der Waals surface area (Å²) in [4.78, 5) is 22.3. The van der Waals surface area contributed by atoms with E-state index in [1.165, 1.54) is 6.08 Å². The second kappa shape index (κ2) is 4.01. The average molecular weight is 206 g/mol. The molecule has 0 radical (unpaired) electrons. The Kier molecular flexibility index (Phi) is 2.71. The minimum atomic E-state index is -0.234. The van der Waals surface area contributed by atoms with Gasteiger partial charge in [0.05, 0.1) is 13.0 Å². The van der Waals surface area contributed by atoms with Crippen molar-refractivity contribution in [2.24, 2.45) is 17.8 Å². The van der Waals surface area contributed by atoms with Crippen LogP contribution in [-0.4, -0.2) is 18.4 Å². The minimum Gasteiger partial charge on any atom is -0.465 e. The standard InChI is InChI=1S/C12H14O3/c1-2-3-12(14)15-7-8-6-10-9(8)4-5-11(10)13/h2,4-5,8-10H,1,3,6-7H2/t8-,9+,10-/m0/s1. The molecular weight excluding hydrogens is 192 g/mol. The van der Waals surface area contributed by atoms with E-state index in [1.807, 2.05) is 6.08 Å². The van der Waals surface area contributed by atoms with Gasteiger partial charge in [-0.3, -0.25) is 9.59 Å². The highest BCUT2D eigenvalue weighted by Gasteiger charge is 2.46. The highest BCUT2D eigenvalue weighted by Crippen LogP contribution is 2.45. The molecule has 0 aromatic heterocycles. The molecular formula is C12H14O3. The highest BCUT2D eigenvalue weighted by atomic mass is 16.5. The van der Waals surface area contributed by atoms with Crippen LogP contribution in [0.1, 0.15) is 12.8 Å². The lowest BCUT2D eigenvalue weighted by Crippen LogP contribution is -2.39. The largest absolute Gasteiger partial charge is 0.465 e. The van der Waals surface area contributed by atoms with E-state index in [0.29, 0.717) is 18.4 Å². The summed E-state index contributed by atoms with van der Waals surface area (Å²) in [7, 11) is 0. The van der Waals surface area contributed by atoms with Crippen LogP contribution < -0.4 is 0 Å². The van der Waals surface area contributed by atoms with Gasteiger partial charge in [0.15, 0.2) is 5.78 Å². The maximum Gasteiger partial charge on any atom is 0.309 e. The van der Waals surface area contributed by atoms with Crippen LogP contribution in [0.2, 0.25) is 0 Å². The predicted octanol–water partition coefficient (Wildman–Crippen LogP) is 1.50. The van der Waals surface area contributed by atoms with Crippen LogP contribution >= 0.6 is 0 Å². The molecule has 3 atom stereocenters. The van der Waals surface area contributed by atoms with E-state index < -0.39 is 0 Å². The lowest BCUT2D eigenvalue weighted by atomic mass is 9.66. The molecule has 0 spiro atoms. The normalized spacial score (nSPS) is 32.0. The van der Waals surface area contributed by atoms with Crippen molar-refractivity contribution in [2.75, 3.05) is 6.61 Å². The minimum absolute atomic E-state index is 0.174. The smallest absolute Gasteiger partial charge is 0.309 e. The third kappa shape index (κ3) is 1.87. The molecule has 0 bridgehead atoms. The number of rotatable bonds is 4. The summed E-state index contributed by atoms with van der Waals surface area (Å²) in [6, 6.07) is 0. The van der Waals surface area contributed by atoms with E-state index in [0.717, 1.165) is 6.42 Å². The zero-order valence-electron chi connectivity index (χ0n) is 8.52. The topological polar surface area (TPSA) is 43.4 Å². The second-order valence-electron chi connectivity index (χ2n) is 4.12. The maximum atomic E-state index is 11.2. The first-order chi connectivity index (χ1) is 7.22. The SMILES string of the molecule is C=CCC(=O)OC[C@@H]1C[C@@H]2C(=O)C=C[C@H]12. The number of allylic oxidation sites excluding steroid dienone is 2. The van der Waals surface area contributed by atoms with E-state index in [9.17, 15) is 9.59 Å². The van der Waals surface area contributed by atoms with Gasteiger partial charge in [-0.25, -0.2) is 0 Å². The summed E-state index contributed by atoms with van der Waals surface area (Å²) in [6.07, 6.45) is 6.25. The van der Waals surface area contributed by atoms with Gasteiger partial charge >= 0.3 is 5.97 Å². The second-order valence-corrected chi connectivity index (χ2v) is 4.12. The first-order valence-electron chi connectivity index (χ1n) is 5.21. The van der Waals surface area contributed by atoms with Gasteiger partial charge in [0.25, 0.3) is 0 Å². The van der Waals surface area contributed by atoms with Crippen LogP contribution in [-0.2, 0) is 14.3 Å². The lowest BCUT2D eigenvalue weighted by molar-refractivity contribution is -0.146. The Bertz CT molecular complexity index is 330. The van der Waals surface area contributed by atoms with E-state index in [4.69, 9.17) is 4.74 Å². The number of hydrogen-bond donors (Lipinski definition) is 0. The molecule has 1 saturated carbocycles. The van der Waals surface area contributed by atoms with Crippen LogP contribution in [0.4, 0.5) is 0 Å². The Labute approximate surface area is 88.8 Å². The summed E-state index contributed by atoms with van der Waals surface area (Å²) >= 11 is 0. The zero-order valence-corrected chi connectivity index (χ0v) is 8.52. The molecule has 0 heterocycles. The first-order valence-corrected chi connectivity index (χ1v) is 5.21. The average Bonchev–Trinajstić information content (AvgIpc) is 2.43. The van der Waals surface area contributed by atoms with Gasteiger partial charge in [0.2, 0.25) is 0 Å².